The van der Waals surface area contributed by atoms with Crippen LogP contribution in [0.2, 0.25) is 0 Å². The van der Waals surface area contributed by atoms with Crippen LogP contribution in [0.1, 0.15) is 51.9 Å². The SMILES string of the molecule is CCn1cc(C(=O)N2Cc3c(C(=O)N4CCCC4)nn(C)c3C2)cn1. The van der Waals surface area contributed by atoms with Crippen molar-refractivity contribution in [1.29, 1.82) is 0 Å². The van der Waals surface area contributed by atoms with Gasteiger partial charge in [-0.1, -0.05) is 0 Å². The molecule has 8 heteroatoms. The first-order valence-corrected chi connectivity index (χ1v) is 8.74. The molecule has 25 heavy (non-hydrogen) atoms. The molecule has 0 saturated carbocycles. The van der Waals surface area contributed by atoms with Crippen molar-refractivity contribution in [2.24, 2.45) is 7.05 Å². The summed E-state index contributed by atoms with van der Waals surface area (Å²) >= 11 is 0. The van der Waals surface area contributed by atoms with Gasteiger partial charge in [0.05, 0.1) is 30.5 Å². The highest BCUT2D eigenvalue weighted by atomic mass is 16.2. The van der Waals surface area contributed by atoms with Crippen LogP contribution in [0.3, 0.4) is 0 Å². The van der Waals surface area contributed by atoms with E-state index < -0.39 is 0 Å². The number of rotatable bonds is 3. The van der Waals surface area contributed by atoms with E-state index in [0.29, 0.717) is 24.3 Å². The lowest BCUT2D eigenvalue weighted by atomic mass is 10.2. The van der Waals surface area contributed by atoms with Gasteiger partial charge in [-0.25, -0.2) is 0 Å². The summed E-state index contributed by atoms with van der Waals surface area (Å²) < 4.78 is 3.47. The number of likely N-dealkylation sites (tertiary alicyclic amines) is 1. The number of nitrogens with zero attached hydrogens (tertiary/aromatic N) is 6. The van der Waals surface area contributed by atoms with Crippen molar-refractivity contribution in [1.82, 2.24) is 29.4 Å². The van der Waals surface area contributed by atoms with E-state index in [4.69, 9.17) is 0 Å². The normalized spacial score (nSPS) is 16.6. The quantitative estimate of drug-likeness (QED) is 0.835. The number of amides is 2. The van der Waals surface area contributed by atoms with Crippen molar-refractivity contribution >= 4 is 11.8 Å². The predicted octanol–water partition coefficient (Wildman–Crippen LogP) is 1.03. The zero-order valence-electron chi connectivity index (χ0n) is 14.6. The molecular weight excluding hydrogens is 320 g/mol. The molecule has 1 saturated heterocycles. The van der Waals surface area contributed by atoms with Gasteiger partial charge in [0.1, 0.15) is 0 Å². The standard InChI is InChI=1S/C17H22N6O2/c1-3-23-9-12(8-18-23)16(24)22-10-13-14(11-22)20(2)19-15(13)17(25)21-6-4-5-7-21/h8-9H,3-7,10-11H2,1-2H3. The lowest BCUT2D eigenvalue weighted by molar-refractivity contribution is 0.0736. The van der Waals surface area contributed by atoms with Gasteiger partial charge in [-0.2, -0.15) is 10.2 Å². The Morgan fingerprint density at radius 1 is 1.12 bits per heavy atom. The van der Waals surface area contributed by atoms with Crippen LogP contribution < -0.4 is 0 Å². The molecule has 2 aliphatic heterocycles. The van der Waals surface area contributed by atoms with Gasteiger partial charge in [-0.3, -0.25) is 19.0 Å². The van der Waals surface area contributed by atoms with Crippen molar-refractivity contribution < 1.29 is 9.59 Å². The number of carbonyl (C=O) groups excluding carboxylic acids is 2. The number of carbonyl (C=O) groups is 2. The molecule has 1 fully saturated rings. The number of fused-ring (bicyclic) bond motifs is 1. The summed E-state index contributed by atoms with van der Waals surface area (Å²) in [4.78, 5) is 29.1. The molecular formula is C17H22N6O2. The highest BCUT2D eigenvalue weighted by Crippen LogP contribution is 2.28. The first-order chi connectivity index (χ1) is 12.1. The van der Waals surface area contributed by atoms with Gasteiger partial charge in [0.15, 0.2) is 5.69 Å². The molecule has 0 aromatic carbocycles. The zero-order valence-corrected chi connectivity index (χ0v) is 14.6. The van der Waals surface area contributed by atoms with Gasteiger partial charge < -0.3 is 9.80 Å². The lowest BCUT2D eigenvalue weighted by Gasteiger charge is -2.17. The Hall–Kier alpha value is -2.64. The number of hydrogen-bond donors (Lipinski definition) is 0. The van der Waals surface area contributed by atoms with Crippen LogP contribution in [-0.2, 0) is 26.7 Å². The zero-order chi connectivity index (χ0) is 17.6. The Bertz CT molecular complexity index is 830. The van der Waals surface area contributed by atoms with Crippen molar-refractivity contribution in [3.05, 3.63) is 34.9 Å². The van der Waals surface area contributed by atoms with E-state index in [1.807, 2.05) is 18.9 Å². The predicted molar refractivity (Wildman–Crippen MR) is 89.8 cm³/mol. The Morgan fingerprint density at radius 3 is 2.56 bits per heavy atom. The fourth-order valence-corrected chi connectivity index (χ4v) is 3.61. The fraction of sp³-hybridized carbons (Fsp3) is 0.529. The molecule has 2 amide bonds. The topological polar surface area (TPSA) is 76.3 Å². The molecule has 4 heterocycles. The van der Waals surface area contributed by atoms with Gasteiger partial charge in [0, 0.05) is 38.4 Å². The van der Waals surface area contributed by atoms with Crippen LogP contribution in [0.5, 0.6) is 0 Å². The molecule has 132 valence electrons. The molecule has 0 atom stereocenters. The summed E-state index contributed by atoms with van der Waals surface area (Å²) in [6.07, 6.45) is 5.46. The Labute approximate surface area is 146 Å². The average molecular weight is 342 g/mol. The molecule has 0 bridgehead atoms. The number of aryl methyl sites for hydroxylation is 2. The maximum atomic E-state index is 12.7. The van der Waals surface area contributed by atoms with Crippen LogP contribution in [0.4, 0.5) is 0 Å². The second-order valence-electron chi connectivity index (χ2n) is 6.64. The smallest absolute Gasteiger partial charge is 0.274 e. The Morgan fingerprint density at radius 2 is 1.88 bits per heavy atom. The molecule has 2 aromatic rings. The van der Waals surface area contributed by atoms with Crippen LogP contribution in [0.25, 0.3) is 0 Å². The monoisotopic (exact) mass is 342 g/mol. The molecule has 0 spiro atoms. The summed E-state index contributed by atoms with van der Waals surface area (Å²) in [5.74, 6) is -0.0714. The average Bonchev–Trinajstić information content (AvgIpc) is 3.38. The van der Waals surface area contributed by atoms with Gasteiger partial charge in [-0.15, -0.1) is 0 Å². The van der Waals surface area contributed by atoms with Crippen LogP contribution in [0.15, 0.2) is 12.4 Å². The first kappa shape index (κ1) is 15.9. The van der Waals surface area contributed by atoms with E-state index in [-0.39, 0.29) is 11.8 Å². The van der Waals surface area contributed by atoms with Gasteiger partial charge >= 0.3 is 0 Å². The molecule has 4 rings (SSSR count). The van der Waals surface area contributed by atoms with Crippen molar-refractivity contribution in [2.75, 3.05) is 13.1 Å². The molecule has 8 nitrogen and oxygen atoms in total. The Kier molecular flexibility index (Phi) is 3.82. The van der Waals surface area contributed by atoms with E-state index in [0.717, 1.165) is 43.7 Å². The van der Waals surface area contributed by atoms with Crippen LogP contribution >= 0.6 is 0 Å². The minimum atomic E-state index is -0.0597. The van der Waals surface area contributed by atoms with Crippen LogP contribution in [-0.4, -0.2) is 54.3 Å². The molecule has 0 aliphatic carbocycles. The third kappa shape index (κ3) is 2.61. The maximum absolute atomic E-state index is 12.7. The summed E-state index contributed by atoms with van der Waals surface area (Å²) in [7, 11) is 1.84. The second kappa shape index (κ2) is 6.02. The van der Waals surface area contributed by atoms with Crippen LogP contribution in [0, 0.1) is 0 Å². The van der Waals surface area contributed by atoms with Gasteiger partial charge in [0.25, 0.3) is 11.8 Å². The Balaban J connectivity index is 1.57. The lowest BCUT2D eigenvalue weighted by Crippen LogP contribution is -2.30. The van der Waals surface area contributed by atoms with E-state index >= 15 is 0 Å². The number of aromatic nitrogens is 4. The molecule has 2 aromatic heterocycles. The summed E-state index contributed by atoms with van der Waals surface area (Å²) in [6.45, 7) is 5.20. The second-order valence-corrected chi connectivity index (χ2v) is 6.64. The highest BCUT2D eigenvalue weighted by Gasteiger charge is 2.34. The van der Waals surface area contributed by atoms with E-state index in [1.54, 1.807) is 26.7 Å². The minimum absolute atomic E-state index is 0.0116. The molecule has 0 unspecified atom stereocenters. The number of hydrogen-bond acceptors (Lipinski definition) is 4. The molecule has 0 radical (unpaired) electrons. The van der Waals surface area contributed by atoms with E-state index in [9.17, 15) is 9.59 Å². The largest absolute Gasteiger partial charge is 0.337 e. The van der Waals surface area contributed by atoms with E-state index in [2.05, 4.69) is 10.2 Å². The third-order valence-corrected chi connectivity index (χ3v) is 5.05. The maximum Gasteiger partial charge on any atom is 0.274 e. The summed E-state index contributed by atoms with van der Waals surface area (Å²) in [5, 5.41) is 8.60. The summed E-state index contributed by atoms with van der Waals surface area (Å²) in [5.41, 5.74) is 2.91. The van der Waals surface area contributed by atoms with Crippen molar-refractivity contribution in [2.45, 2.75) is 39.4 Å². The van der Waals surface area contributed by atoms with Crippen molar-refractivity contribution in [3.63, 3.8) is 0 Å². The summed E-state index contributed by atoms with van der Waals surface area (Å²) in [6, 6.07) is 0. The third-order valence-electron chi connectivity index (χ3n) is 5.05. The molecule has 2 aliphatic rings. The minimum Gasteiger partial charge on any atom is -0.337 e. The highest BCUT2D eigenvalue weighted by molar-refractivity contribution is 5.96. The van der Waals surface area contributed by atoms with Gasteiger partial charge in [-0.05, 0) is 19.8 Å². The van der Waals surface area contributed by atoms with Gasteiger partial charge in [0.2, 0.25) is 0 Å². The fourth-order valence-electron chi connectivity index (χ4n) is 3.61. The molecule has 0 N–H and O–H groups in total. The first-order valence-electron chi connectivity index (χ1n) is 8.74. The van der Waals surface area contributed by atoms with Crippen molar-refractivity contribution in [3.8, 4) is 0 Å². The van der Waals surface area contributed by atoms with E-state index in [1.165, 1.54) is 0 Å².